The number of nitrogens with zero attached hydrogens (tertiary/aromatic N) is 1. The smallest absolute Gasteiger partial charge is 0.262 e. The number of likely N-dealkylation sites (N-methyl/N-ethyl adjacent to an activating group) is 1. The van der Waals surface area contributed by atoms with E-state index in [1.165, 1.54) is 12.1 Å². The maximum Gasteiger partial charge on any atom is 0.262 e. The molecule has 0 aromatic heterocycles. The fraction of sp³-hybridized carbons (Fsp3) is 0.188. The molecule has 4 rings (SSSR count). The second kappa shape index (κ2) is 5.13. The van der Waals surface area contributed by atoms with Gasteiger partial charge < -0.3 is 14.4 Å². The van der Waals surface area contributed by atoms with Gasteiger partial charge in [-0.1, -0.05) is 0 Å². The molecule has 2 aromatic carbocycles. The van der Waals surface area contributed by atoms with Gasteiger partial charge in [0.25, 0.3) is 10.0 Å². The summed E-state index contributed by atoms with van der Waals surface area (Å²) < 4.78 is 38.0. The van der Waals surface area contributed by atoms with Crippen LogP contribution >= 0.6 is 0 Å². The van der Waals surface area contributed by atoms with Crippen molar-refractivity contribution in [1.29, 1.82) is 0 Å². The molecule has 1 amide bonds. The summed E-state index contributed by atoms with van der Waals surface area (Å²) in [4.78, 5) is 13.4. The largest absolute Gasteiger partial charge is 0.454 e. The van der Waals surface area contributed by atoms with Gasteiger partial charge in [0.1, 0.15) is 0 Å². The van der Waals surface area contributed by atoms with Crippen molar-refractivity contribution in [1.82, 2.24) is 0 Å². The number of fused-ring (bicyclic) bond motifs is 2. The van der Waals surface area contributed by atoms with E-state index in [4.69, 9.17) is 9.47 Å². The van der Waals surface area contributed by atoms with Gasteiger partial charge in [0, 0.05) is 24.5 Å². The van der Waals surface area contributed by atoms with Crippen molar-refractivity contribution < 1.29 is 22.7 Å². The monoisotopic (exact) mass is 346 g/mol. The topological polar surface area (TPSA) is 84.9 Å². The lowest BCUT2D eigenvalue weighted by molar-refractivity contribution is -0.117. The molecule has 8 heteroatoms. The Hall–Kier alpha value is -2.74. The number of carbonyl (C=O) groups excluding carboxylic acids is 1. The summed E-state index contributed by atoms with van der Waals surface area (Å²) in [6.07, 6.45) is 0.269. The molecule has 24 heavy (non-hydrogen) atoms. The van der Waals surface area contributed by atoms with Crippen molar-refractivity contribution in [2.24, 2.45) is 0 Å². The van der Waals surface area contributed by atoms with Gasteiger partial charge in [-0.25, -0.2) is 8.42 Å². The Kier molecular flexibility index (Phi) is 3.17. The number of benzene rings is 2. The zero-order valence-electron chi connectivity index (χ0n) is 12.8. The van der Waals surface area contributed by atoms with Crippen LogP contribution < -0.4 is 19.1 Å². The number of rotatable bonds is 3. The molecular formula is C16H14N2O5S. The number of hydrogen-bond acceptors (Lipinski definition) is 5. The van der Waals surface area contributed by atoms with Gasteiger partial charge >= 0.3 is 0 Å². The van der Waals surface area contributed by atoms with Crippen LogP contribution in [-0.4, -0.2) is 28.2 Å². The maximum absolute atomic E-state index is 12.5. The molecule has 0 aliphatic carbocycles. The molecule has 0 fully saturated rings. The van der Waals surface area contributed by atoms with Gasteiger partial charge in [-0.2, -0.15) is 0 Å². The highest BCUT2D eigenvalue weighted by Gasteiger charge is 2.25. The molecule has 0 bridgehead atoms. The van der Waals surface area contributed by atoms with Crippen molar-refractivity contribution in [2.45, 2.75) is 11.3 Å². The number of hydrogen-bond donors (Lipinski definition) is 1. The zero-order chi connectivity index (χ0) is 16.9. The summed E-state index contributed by atoms with van der Waals surface area (Å²) in [5.41, 5.74) is 2.01. The van der Waals surface area contributed by atoms with E-state index in [0.717, 1.165) is 11.3 Å². The van der Waals surface area contributed by atoms with E-state index in [2.05, 4.69) is 4.72 Å². The van der Waals surface area contributed by atoms with Crippen LogP contribution in [0.1, 0.15) is 5.56 Å². The van der Waals surface area contributed by atoms with Crippen molar-refractivity contribution in [3.63, 3.8) is 0 Å². The van der Waals surface area contributed by atoms with E-state index >= 15 is 0 Å². The van der Waals surface area contributed by atoms with Crippen molar-refractivity contribution in [2.75, 3.05) is 23.5 Å². The lowest BCUT2D eigenvalue weighted by atomic mass is 10.1. The average molecular weight is 346 g/mol. The average Bonchev–Trinajstić information content (AvgIpc) is 3.11. The minimum Gasteiger partial charge on any atom is -0.454 e. The quantitative estimate of drug-likeness (QED) is 0.915. The number of sulfonamides is 1. The second-order valence-corrected chi connectivity index (χ2v) is 7.28. The minimum absolute atomic E-state index is 0.0132. The molecule has 2 aliphatic rings. The van der Waals surface area contributed by atoms with Gasteiger partial charge in [-0.15, -0.1) is 0 Å². The van der Waals surface area contributed by atoms with E-state index in [1.54, 1.807) is 36.2 Å². The van der Waals surface area contributed by atoms with Crippen LogP contribution in [0.2, 0.25) is 0 Å². The Morgan fingerprint density at radius 1 is 1.08 bits per heavy atom. The van der Waals surface area contributed by atoms with Crippen molar-refractivity contribution in [3.8, 4) is 11.5 Å². The van der Waals surface area contributed by atoms with Crippen LogP contribution in [0.15, 0.2) is 41.3 Å². The van der Waals surface area contributed by atoms with E-state index in [9.17, 15) is 13.2 Å². The lowest BCUT2D eigenvalue weighted by Gasteiger charge is -2.12. The Morgan fingerprint density at radius 2 is 1.88 bits per heavy atom. The van der Waals surface area contributed by atoms with Crippen LogP contribution in [0, 0.1) is 0 Å². The van der Waals surface area contributed by atoms with Gasteiger partial charge in [0.15, 0.2) is 11.5 Å². The molecule has 2 heterocycles. The molecule has 2 aromatic rings. The predicted octanol–water partition coefficient (Wildman–Crippen LogP) is 1.73. The third kappa shape index (κ3) is 2.35. The molecule has 0 atom stereocenters. The first-order valence-corrected chi connectivity index (χ1v) is 8.74. The zero-order valence-corrected chi connectivity index (χ0v) is 13.6. The van der Waals surface area contributed by atoms with E-state index in [0.29, 0.717) is 17.2 Å². The Balaban J connectivity index is 1.63. The van der Waals surface area contributed by atoms with Gasteiger partial charge in [-0.05, 0) is 35.9 Å². The second-order valence-electron chi connectivity index (χ2n) is 5.59. The van der Waals surface area contributed by atoms with Crippen LogP contribution in [0.3, 0.4) is 0 Å². The SMILES string of the molecule is CN1C(=O)Cc2cc(NS(=O)(=O)c3ccc4c(c3)OCO4)ccc21. The lowest BCUT2D eigenvalue weighted by Crippen LogP contribution is -2.20. The number of amides is 1. The molecular weight excluding hydrogens is 332 g/mol. The Labute approximate surface area is 138 Å². The summed E-state index contributed by atoms with van der Waals surface area (Å²) in [6.45, 7) is 0.0820. The highest BCUT2D eigenvalue weighted by atomic mass is 32.2. The van der Waals surface area contributed by atoms with Crippen molar-refractivity contribution in [3.05, 3.63) is 42.0 Å². The van der Waals surface area contributed by atoms with E-state index in [-0.39, 0.29) is 24.0 Å². The number of ether oxygens (including phenoxy) is 2. The van der Waals surface area contributed by atoms with Crippen LogP contribution in [0.4, 0.5) is 11.4 Å². The van der Waals surface area contributed by atoms with Gasteiger partial charge in [-0.3, -0.25) is 9.52 Å². The van der Waals surface area contributed by atoms with Gasteiger partial charge in [0.2, 0.25) is 12.7 Å². The normalized spacial score (nSPS) is 15.5. The van der Waals surface area contributed by atoms with Crippen molar-refractivity contribution >= 4 is 27.3 Å². The summed E-state index contributed by atoms with van der Waals surface area (Å²) in [5, 5.41) is 0. The fourth-order valence-corrected chi connectivity index (χ4v) is 3.86. The molecule has 1 N–H and O–H groups in total. The Morgan fingerprint density at radius 3 is 2.71 bits per heavy atom. The first kappa shape index (κ1) is 14.8. The Bertz CT molecular complexity index is 955. The standard InChI is InChI=1S/C16H14N2O5S/c1-18-13-4-2-11(6-10(13)7-16(18)19)17-24(20,21)12-3-5-14-15(8-12)23-9-22-14/h2-6,8,17H,7,9H2,1H3. The highest BCUT2D eigenvalue weighted by molar-refractivity contribution is 7.92. The molecule has 2 aliphatic heterocycles. The van der Waals surface area contributed by atoms with Crippen LogP contribution in [0.5, 0.6) is 11.5 Å². The van der Waals surface area contributed by atoms with E-state index < -0.39 is 10.0 Å². The third-order valence-electron chi connectivity index (χ3n) is 4.06. The van der Waals surface area contributed by atoms with Crippen LogP contribution in [-0.2, 0) is 21.2 Å². The molecule has 7 nitrogen and oxygen atoms in total. The van der Waals surface area contributed by atoms with Gasteiger partial charge in [0.05, 0.1) is 11.3 Å². The first-order valence-electron chi connectivity index (χ1n) is 7.26. The fourth-order valence-electron chi connectivity index (χ4n) is 2.79. The molecule has 0 saturated heterocycles. The van der Waals surface area contributed by atoms with E-state index in [1.807, 2.05) is 0 Å². The first-order chi connectivity index (χ1) is 11.4. The summed E-state index contributed by atoms with van der Waals surface area (Å²) in [5.74, 6) is 0.910. The molecule has 0 spiro atoms. The molecule has 0 radical (unpaired) electrons. The number of nitrogens with one attached hydrogen (secondary N) is 1. The highest BCUT2D eigenvalue weighted by Crippen LogP contribution is 2.35. The minimum atomic E-state index is -3.76. The maximum atomic E-state index is 12.5. The molecule has 0 saturated carbocycles. The number of anilines is 2. The van der Waals surface area contributed by atoms with Crippen LogP contribution in [0.25, 0.3) is 0 Å². The summed E-state index contributed by atoms with van der Waals surface area (Å²) >= 11 is 0. The summed E-state index contributed by atoms with van der Waals surface area (Å²) in [6, 6.07) is 9.50. The summed E-state index contributed by atoms with van der Waals surface area (Å²) in [7, 11) is -2.06. The molecule has 124 valence electrons. The molecule has 0 unspecified atom stereocenters. The number of carbonyl (C=O) groups is 1. The predicted molar refractivity (Wildman–Crippen MR) is 86.9 cm³/mol. The third-order valence-corrected chi connectivity index (χ3v) is 5.44.